The van der Waals surface area contributed by atoms with Crippen LogP contribution >= 0.6 is 0 Å². The van der Waals surface area contributed by atoms with Crippen LogP contribution in [-0.4, -0.2) is 20.1 Å². The fourth-order valence-electron chi connectivity index (χ4n) is 1.45. The Balaban J connectivity index is 2.74. The highest BCUT2D eigenvalue weighted by Gasteiger charge is 2.29. The first-order chi connectivity index (χ1) is 6.90. The third-order valence-electron chi connectivity index (χ3n) is 2.19. The summed E-state index contributed by atoms with van der Waals surface area (Å²) in [5.74, 6) is -1.75. The molecule has 15 heavy (non-hydrogen) atoms. The van der Waals surface area contributed by atoms with Gasteiger partial charge in [-0.2, -0.15) is 0 Å². The van der Waals surface area contributed by atoms with Crippen molar-refractivity contribution in [1.82, 2.24) is 0 Å². The van der Waals surface area contributed by atoms with E-state index in [0.717, 1.165) is 6.07 Å². The monoisotopic (exact) mass is 229 g/mol. The van der Waals surface area contributed by atoms with Crippen LogP contribution in [-0.2, 0) is 14.6 Å². The van der Waals surface area contributed by atoms with Crippen LogP contribution in [0.1, 0.15) is 5.56 Å². The zero-order valence-corrected chi connectivity index (χ0v) is 8.69. The van der Waals surface area contributed by atoms with E-state index in [-0.39, 0.29) is 16.1 Å². The van der Waals surface area contributed by atoms with Crippen LogP contribution in [0.5, 0.6) is 0 Å². The Morgan fingerprint density at radius 1 is 1.40 bits per heavy atom. The lowest BCUT2D eigenvalue weighted by Crippen LogP contribution is -2.29. The molecule has 0 radical (unpaired) electrons. The Hall–Kier alpha value is -1.43. The Bertz CT molecular complexity index is 551. The van der Waals surface area contributed by atoms with Crippen LogP contribution in [0.25, 0.3) is 0 Å². The smallest absolute Gasteiger partial charge is 0.239 e. The number of rotatable bonds is 0. The summed E-state index contributed by atoms with van der Waals surface area (Å²) in [4.78, 5) is 11.0. The van der Waals surface area contributed by atoms with Crippen molar-refractivity contribution in [3.05, 3.63) is 23.5 Å². The highest BCUT2D eigenvalue weighted by atomic mass is 32.2. The van der Waals surface area contributed by atoms with Gasteiger partial charge in [-0.25, -0.2) is 12.8 Å². The van der Waals surface area contributed by atoms with Gasteiger partial charge in [-0.1, -0.05) is 0 Å². The number of hydrogen-bond acceptors (Lipinski definition) is 3. The molecule has 0 saturated heterocycles. The van der Waals surface area contributed by atoms with Gasteiger partial charge < -0.3 is 5.32 Å². The van der Waals surface area contributed by atoms with E-state index in [1.165, 1.54) is 13.0 Å². The molecule has 1 amide bonds. The Morgan fingerprint density at radius 2 is 2.07 bits per heavy atom. The van der Waals surface area contributed by atoms with Gasteiger partial charge in [0.2, 0.25) is 5.91 Å². The summed E-state index contributed by atoms with van der Waals surface area (Å²) < 4.78 is 36.3. The summed E-state index contributed by atoms with van der Waals surface area (Å²) in [5, 5.41) is 2.33. The highest BCUT2D eigenvalue weighted by Crippen LogP contribution is 2.28. The van der Waals surface area contributed by atoms with Crippen molar-refractivity contribution >= 4 is 21.4 Å². The van der Waals surface area contributed by atoms with Crippen molar-refractivity contribution in [2.45, 2.75) is 11.8 Å². The second kappa shape index (κ2) is 3.03. The molecule has 80 valence electrons. The molecule has 0 unspecified atom stereocenters. The second-order valence-electron chi connectivity index (χ2n) is 3.40. The van der Waals surface area contributed by atoms with Crippen LogP contribution in [0, 0.1) is 12.7 Å². The number of halogens is 1. The van der Waals surface area contributed by atoms with E-state index in [2.05, 4.69) is 5.32 Å². The maximum atomic E-state index is 13.1. The zero-order chi connectivity index (χ0) is 11.2. The van der Waals surface area contributed by atoms with Crippen LogP contribution < -0.4 is 5.32 Å². The summed E-state index contributed by atoms with van der Waals surface area (Å²) in [7, 11) is -3.61. The van der Waals surface area contributed by atoms with E-state index in [1.54, 1.807) is 0 Å². The summed E-state index contributed by atoms with van der Waals surface area (Å²) >= 11 is 0. The Morgan fingerprint density at radius 3 is 2.73 bits per heavy atom. The molecule has 1 aromatic rings. The molecule has 1 N–H and O–H groups in total. The zero-order valence-electron chi connectivity index (χ0n) is 7.87. The first-order valence-corrected chi connectivity index (χ1v) is 5.88. The van der Waals surface area contributed by atoms with Gasteiger partial charge in [0.15, 0.2) is 9.84 Å². The second-order valence-corrected chi connectivity index (χ2v) is 5.36. The number of nitrogens with one attached hydrogen (secondary N) is 1. The Labute approximate surface area is 86.0 Å². The van der Waals surface area contributed by atoms with Crippen molar-refractivity contribution in [3.8, 4) is 0 Å². The lowest BCUT2D eigenvalue weighted by atomic mass is 10.2. The molecule has 6 heteroatoms. The standard InChI is InChI=1S/C9H8FNO3S/c1-5-2-8-7(3-6(5)10)11-9(12)4-15(8,13)14/h2-3H,4H2,1H3,(H,11,12). The van der Waals surface area contributed by atoms with Gasteiger partial charge in [-0.3, -0.25) is 4.79 Å². The summed E-state index contributed by atoms with van der Waals surface area (Å²) in [5.41, 5.74) is 0.267. The Kier molecular flexibility index (Phi) is 2.04. The van der Waals surface area contributed by atoms with E-state index in [0.29, 0.717) is 0 Å². The molecule has 1 aliphatic rings. The number of sulfone groups is 1. The van der Waals surface area contributed by atoms with Crippen molar-refractivity contribution in [1.29, 1.82) is 0 Å². The summed E-state index contributed by atoms with van der Waals surface area (Å²) in [6, 6.07) is 2.26. The average Bonchev–Trinajstić information content (AvgIpc) is 2.07. The topological polar surface area (TPSA) is 63.2 Å². The molecule has 0 saturated carbocycles. The van der Waals surface area contributed by atoms with Gasteiger partial charge in [0.1, 0.15) is 11.6 Å². The number of hydrogen-bond donors (Lipinski definition) is 1. The minimum Gasteiger partial charge on any atom is -0.324 e. The molecule has 4 nitrogen and oxygen atoms in total. The van der Waals surface area contributed by atoms with E-state index in [9.17, 15) is 17.6 Å². The molecule has 0 atom stereocenters. The van der Waals surface area contributed by atoms with Crippen molar-refractivity contribution in [2.24, 2.45) is 0 Å². The molecule has 0 aromatic heterocycles. The highest BCUT2D eigenvalue weighted by molar-refractivity contribution is 7.92. The van der Waals surface area contributed by atoms with Gasteiger partial charge in [0, 0.05) is 0 Å². The molecule has 0 spiro atoms. The van der Waals surface area contributed by atoms with E-state index >= 15 is 0 Å². The number of aryl methyl sites for hydroxylation is 1. The van der Waals surface area contributed by atoms with E-state index < -0.39 is 27.3 Å². The van der Waals surface area contributed by atoms with Crippen LogP contribution in [0.15, 0.2) is 17.0 Å². The summed E-state index contributed by atoms with van der Waals surface area (Å²) in [6.45, 7) is 1.47. The SMILES string of the molecule is Cc1cc2c(cc1F)NC(=O)CS2(=O)=O. The predicted octanol–water partition coefficient (Wildman–Crippen LogP) is 0.860. The summed E-state index contributed by atoms with van der Waals surface area (Å²) in [6.07, 6.45) is 0. The van der Waals surface area contributed by atoms with Gasteiger partial charge >= 0.3 is 0 Å². The molecule has 0 fully saturated rings. The number of carbonyl (C=O) groups excluding carboxylic acids is 1. The molecular formula is C9H8FNO3S. The lowest BCUT2D eigenvalue weighted by Gasteiger charge is -2.17. The van der Waals surface area contributed by atoms with Crippen LogP contribution in [0.2, 0.25) is 0 Å². The average molecular weight is 229 g/mol. The van der Waals surface area contributed by atoms with Gasteiger partial charge in [-0.15, -0.1) is 0 Å². The van der Waals surface area contributed by atoms with Crippen LogP contribution in [0.4, 0.5) is 10.1 Å². The maximum absolute atomic E-state index is 13.1. The molecule has 1 aliphatic heterocycles. The van der Waals surface area contributed by atoms with Gasteiger partial charge in [-0.05, 0) is 24.6 Å². The number of carbonyl (C=O) groups is 1. The fraction of sp³-hybridized carbons (Fsp3) is 0.222. The minimum absolute atomic E-state index is 0.0130. The fourth-order valence-corrected chi connectivity index (χ4v) is 2.82. The number of anilines is 1. The van der Waals surface area contributed by atoms with Gasteiger partial charge in [0.05, 0.1) is 10.6 Å². The molecule has 0 aliphatic carbocycles. The first-order valence-electron chi connectivity index (χ1n) is 4.23. The van der Waals surface area contributed by atoms with E-state index in [4.69, 9.17) is 0 Å². The number of amides is 1. The molecule has 2 rings (SSSR count). The normalized spacial score (nSPS) is 18.1. The van der Waals surface area contributed by atoms with Crippen molar-refractivity contribution in [2.75, 3.05) is 11.1 Å². The van der Waals surface area contributed by atoms with Crippen molar-refractivity contribution < 1.29 is 17.6 Å². The first kappa shape index (κ1) is 10.1. The third-order valence-corrected chi connectivity index (χ3v) is 3.84. The molecule has 1 heterocycles. The largest absolute Gasteiger partial charge is 0.324 e. The maximum Gasteiger partial charge on any atom is 0.239 e. The predicted molar refractivity (Wildman–Crippen MR) is 51.8 cm³/mol. The minimum atomic E-state index is -3.61. The van der Waals surface area contributed by atoms with Crippen LogP contribution in [0.3, 0.4) is 0 Å². The molecule has 0 bridgehead atoms. The van der Waals surface area contributed by atoms with Crippen molar-refractivity contribution in [3.63, 3.8) is 0 Å². The van der Waals surface area contributed by atoms with E-state index in [1.807, 2.05) is 0 Å². The lowest BCUT2D eigenvalue weighted by molar-refractivity contribution is -0.114. The number of fused-ring (bicyclic) bond motifs is 1. The molecular weight excluding hydrogens is 221 g/mol. The van der Waals surface area contributed by atoms with Gasteiger partial charge in [0.25, 0.3) is 0 Å². The third kappa shape index (κ3) is 1.61. The number of benzene rings is 1. The molecule has 1 aromatic carbocycles. The quantitative estimate of drug-likeness (QED) is 0.671.